The van der Waals surface area contributed by atoms with Crippen LogP contribution in [0.15, 0.2) is 0 Å². The molecule has 0 bridgehead atoms. The van der Waals surface area contributed by atoms with Gasteiger partial charge in [-0.05, 0) is 25.7 Å². The molecule has 0 aromatic rings. The van der Waals surface area contributed by atoms with E-state index in [1.165, 1.54) is 0 Å². The van der Waals surface area contributed by atoms with Crippen LogP contribution in [0.25, 0.3) is 0 Å². The Bertz CT molecular complexity index is 337. The molecule has 1 saturated heterocycles. The summed E-state index contributed by atoms with van der Waals surface area (Å²) in [5.74, 6) is 0.488. The molecule has 2 fully saturated rings. The second-order valence-corrected chi connectivity index (χ2v) is 7.14. The van der Waals surface area contributed by atoms with Crippen LogP contribution in [0.4, 0.5) is 0 Å². The summed E-state index contributed by atoms with van der Waals surface area (Å²) in [7, 11) is -3.20. The van der Waals surface area contributed by atoms with Crippen LogP contribution in [-0.4, -0.2) is 49.7 Å². The Morgan fingerprint density at radius 3 is 2.47 bits per heavy atom. The van der Waals surface area contributed by atoms with Crippen LogP contribution < -0.4 is 0 Å². The van der Waals surface area contributed by atoms with Crippen molar-refractivity contribution in [2.75, 3.05) is 24.8 Å². The minimum absolute atomic E-state index is 0.113. The maximum Gasteiger partial charge on any atom is 0.216 e. The van der Waals surface area contributed by atoms with Gasteiger partial charge in [0.15, 0.2) is 0 Å². The molecule has 1 unspecified atom stereocenters. The van der Waals surface area contributed by atoms with Gasteiger partial charge in [0, 0.05) is 25.1 Å². The first kappa shape index (κ1) is 13.6. The number of hydrogen-bond donors (Lipinski definition) is 0. The summed E-state index contributed by atoms with van der Waals surface area (Å²) < 4.78 is 31.6. The van der Waals surface area contributed by atoms with E-state index in [0.29, 0.717) is 19.0 Å². The zero-order chi connectivity index (χ0) is 12.3. The third kappa shape index (κ3) is 3.34. The molecule has 2 aliphatic rings. The topological polar surface area (TPSA) is 46.6 Å². The Kier molecular flexibility index (Phi) is 4.69. The second-order valence-electron chi connectivity index (χ2n) is 4.80. The van der Waals surface area contributed by atoms with E-state index in [4.69, 9.17) is 16.3 Å². The third-order valence-electron chi connectivity index (χ3n) is 3.56. The molecule has 0 amide bonds. The SMILES string of the molecule is O=S(=O)(CC1CCCO1)N(CCCl)C1CCC1. The lowest BCUT2D eigenvalue weighted by Crippen LogP contribution is -2.47. The van der Waals surface area contributed by atoms with Crippen molar-refractivity contribution in [3.05, 3.63) is 0 Å². The quantitative estimate of drug-likeness (QED) is 0.695. The largest absolute Gasteiger partial charge is 0.377 e. The summed E-state index contributed by atoms with van der Waals surface area (Å²) in [6.07, 6.45) is 4.79. The summed E-state index contributed by atoms with van der Waals surface area (Å²) in [6, 6.07) is 0.181. The van der Waals surface area contributed by atoms with Gasteiger partial charge in [0.2, 0.25) is 10.0 Å². The number of sulfonamides is 1. The van der Waals surface area contributed by atoms with Crippen LogP contribution in [0.1, 0.15) is 32.1 Å². The first-order chi connectivity index (χ1) is 8.13. The van der Waals surface area contributed by atoms with E-state index in [1.807, 2.05) is 0 Å². The van der Waals surface area contributed by atoms with E-state index in [9.17, 15) is 8.42 Å². The first-order valence-electron chi connectivity index (χ1n) is 6.30. The molecular weight excluding hydrogens is 262 g/mol. The maximum absolute atomic E-state index is 12.3. The fourth-order valence-electron chi connectivity index (χ4n) is 2.41. The van der Waals surface area contributed by atoms with Crippen molar-refractivity contribution in [2.45, 2.75) is 44.2 Å². The fourth-order valence-corrected chi connectivity index (χ4v) is 4.65. The van der Waals surface area contributed by atoms with Crippen LogP contribution in [0, 0.1) is 0 Å². The Morgan fingerprint density at radius 1 is 1.24 bits per heavy atom. The lowest BCUT2D eigenvalue weighted by molar-refractivity contribution is 0.125. The molecule has 2 rings (SSSR count). The van der Waals surface area contributed by atoms with Crippen LogP contribution >= 0.6 is 11.6 Å². The number of hydrogen-bond acceptors (Lipinski definition) is 3. The predicted octanol–water partition coefficient (Wildman–Crippen LogP) is 1.59. The number of alkyl halides is 1. The van der Waals surface area contributed by atoms with Gasteiger partial charge in [-0.15, -0.1) is 11.6 Å². The lowest BCUT2D eigenvalue weighted by Gasteiger charge is -2.36. The van der Waals surface area contributed by atoms with Crippen LogP contribution in [0.5, 0.6) is 0 Å². The highest BCUT2D eigenvalue weighted by Crippen LogP contribution is 2.28. The molecule has 4 nitrogen and oxygen atoms in total. The zero-order valence-corrected chi connectivity index (χ0v) is 11.5. The minimum atomic E-state index is -3.20. The Balaban J connectivity index is 1.98. The highest BCUT2D eigenvalue weighted by atomic mass is 35.5. The molecule has 1 saturated carbocycles. The highest BCUT2D eigenvalue weighted by Gasteiger charge is 2.35. The van der Waals surface area contributed by atoms with E-state index in [-0.39, 0.29) is 17.9 Å². The zero-order valence-electron chi connectivity index (χ0n) is 9.98. The first-order valence-corrected chi connectivity index (χ1v) is 8.45. The molecular formula is C11H20ClNO3S. The minimum Gasteiger partial charge on any atom is -0.377 e. The van der Waals surface area contributed by atoms with Crippen molar-refractivity contribution in [2.24, 2.45) is 0 Å². The van der Waals surface area contributed by atoms with Crippen molar-refractivity contribution in [3.63, 3.8) is 0 Å². The van der Waals surface area contributed by atoms with Gasteiger partial charge in [0.05, 0.1) is 11.9 Å². The molecule has 0 aromatic heterocycles. The molecule has 6 heteroatoms. The molecule has 0 N–H and O–H groups in total. The average Bonchev–Trinajstić information content (AvgIpc) is 2.66. The maximum atomic E-state index is 12.3. The second kappa shape index (κ2) is 5.87. The molecule has 1 heterocycles. The van der Waals surface area contributed by atoms with Crippen molar-refractivity contribution in [3.8, 4) is 0 Å². The van der Waals surface area contributed by atoms with Gasteiger partial charge in [-0.3, -0.25) is 0 Å². The van der Waals surface area contributed by atoms with Crippen molar-refractivity contribution < 1.29 is 13.2 Å². The fraction of sp³-hybridized carbons (Fsp3) is 1.00. The Labute approximate surface area is 108 Å². The molecule has 1 atom stereocenters. The van der Waals surface area contributed by atoms with Gasteiger partial charge in [-0.25, -0.2) is 8.42 Å². The third-order valence-corrected chi connectivity index (χ3v) is 5.72. The van der Waals surface area contributed by atoms with Gasteiger partial charge in [0.1, 0.15) is 0 Å². The van der Waals surface area contributed by atoms with E-state index in [0.717, 1.165) is 32.1 Å². The van der Waals surface area contributed by atoms with Gasteiger partial charge >= 0.3 is 0 Å². The molecule has 17 heavy (non-hydrogen) atoms. The summed E-state index contributed by atoms with van der Waals surface area (Å²) >= 11 is 5.71. The van der Waals surface area contributed by atoms with Crippen molar-refractivity contribution in [1.82, 2.24) is 4.31 Å². The van der Waals surface area contributed by atoms with Gasteiger partial charge in [-0.2, -0.15) is 4.31 Å². The summed E-state index contributed by atoms with van der Waals surface area (Å²) in [4.78, 5) is 0. The van der Waals surface area contributed by atoms with E-state index < -0.39 is 10.0 Å². The van der Waals surface area contributed by atoms with E-state index in [1.54, 1.807) is 4.31 Å². The van der Waals surface area contributed by atoms with Crippen LogP contribution in [-0.2, 0) is 14.8 Å². The predicted molar refractivity (Wildman–Crippen MR) is 67.8 cm³/mol. The van der Waals surface area contributed by atoms with Gasteiger partial charge in [0.25, 0.3) is 0 Å². The standard InChI is InChI=1S/C11H20ClNO3S/c12-6-7-13(10-3-1-4-10)17(14,15)9-11-5-2-8-16-11/h10-11H,1-9H2. The molecule has 100 valence electrons. The van der Waals surface area contributed by atoms with Crippen LogP contribution in [0.2, 0.25) is 0 Å². The summed E-state index contributed by atoms with van der Waals surface area (Å²) in [6.45, 7) is 1.13. The lowest BCUT2D eigenvalue weighted by atomic mass is 9.93. The van der Waals surface area contributed by atoms with Gasteiger partial charge < -0.3 is 4.74 Å². The highest BCUT2D eigenvalue weighted by molar-refractivity contribution is 7.89. The number of ether oxygens (including phenoxy) is 1. The van der Waals surface area contributed by atoms with Crippen molar-refractivity contribution >= 4 is 21.6 Å². The molecule has 0 aromatic carbocycles. The normalized spacial score (nSPS) is 26.4. The van der Waals surface area contributed by atoms with Crippen molar-refractivity contribution in [1.29, 1.82) is 0 Å². The smallest absolute Gasteiger partial charge is 0.216 e. The number of nitrogens with zero attached hydrogens (tertiary/aromatic N) is 1. The number of rotatable bonds is 6. The molecule has 1 aliphatic carbocycles. The summed E-state index contributed by atoms with van der Waals surface area (Å²) in [5.41, 5.74) is 0. The molecule has 1 aliphatic heterocycles. The monoisotopic (exact) mass is 281 g/mol. The Hall–Kier alpha value is 0.160. The van der Waals surface area contributed by atoms with E-state index in [2.05, 4.69) is 0 Å². The van der Waals surface area contributed by atoms with Gasteiger partial charge in [-0.1, -0.05) is 6.42 Å². The van der Waals surface area contributed by atoms with E-state index >= 15 is 0 Å². The summed E-state index contributed by atoms with van der Waals surface area (Å²) in [5, 5.41) is 0. The Morgan fingerprint density at radius 2 is 2.00 bits per heavy atom. The van der Waals surface area contributed by atoms with Crippen LogP contribution in [0.3, 0.4) is 0 Å². The molecule has 0 spiro atoms. The molecule has 0 radical (unpaired) electrons. The number of halogens is 1. The average molecular weight is 282 g/mol.